The van der Waals surface area contributed by atoms with Gasteiger partial charge < -0.3 is 8.92 Å². The van der Waals surface area contributed by atoms with E-state index in [-0.39, 0.29) is 16.4 Å². The number of rotatable bonds is 8. The number of aromatic nitrogens is 2. The van der Waals surface area contributed by atoms with Crippen molar-refractivity contribution in [2.24, 2.45) is 4.99 Å². The molecule has 0 saturated heterocycles. The average molecular weight is 556 g/mol. The Morgan fingerprint density at radius 3 is 2.38 bits per heavy atom. The highest BCUT2D eigenvalue weighted by atomic mass is 35.5. The van der Waals surface area contributed by atoms with E-state index in [9.17, 15) is 8.42 Å². The molecule has 0 saturated carbocycles. The minimum atomic E-state index is -4.08. The van der Waals surface area contributed by atoms with Crippen LogP contribution in [0.4, 0.5) is 5.82 Å². The number of hydrogen-bond donors (Lipinski definition) is 0. The Balaban J connectivity index is 1.49. The van der Waals surface area contributed by atoms with Crippen molar-refractivity contribution in [3.05, 3.63) is 130 Å². The molecule has 0 spiro atoms. The summed E-state index contributed by atoms with van der Waals surface area (Å²) in [4.78, 5) is 4.66. The van der Waals surface area contributed by atoms with Gasteiger partial charge in [0.1, 0.15) is 4.90 Å². The lowest BCUT2D eigenvalue weighted by Crippen LogP contribution is -2.09. The van der Waals surface area contributed by atoms with Crippen LogP contribution < -0.4 is 0 Å². The van der Waals surface area contributed by atoms with Crippen molar-refractivity contribution >= 4 is 33.8 Å². The molecule has 1 heterocycles. The molecule has 194 valence electrons. The van der Waals surface area contributed by atoms with E-state index in [0.29, 0.717) is 16.4 Å². The van der Waals surface area contributed by atoms with Gasteiger partial charge in [-0.05, 0) is 49.1 Å². The van der Waals surface area contributed by atoms with Crippen LogP contribution in [0.3, 0.4) is 0 Å². The first-order valence-electron chi connectivity index (χ1n) is 11.8. The Kier molecular flexibility index (Phi) is 7.37. The molecule has 5 rings (SSSR count). The van der Waals surface area contributed by atoms with E-state index >= 15 is 0 Å². The third-order valence-corrected chi connectivity index (χ3v) is 7.21. The zero-order chi connectivity index (χ0) is 27.4. The van der Waals surface area contributed by atoms with Crippen LogP contribution >= 0.6 is 11.6 Å². The summed E-state index contributed by atoms with van der Waals surface area (Å²) in [6.45, 7) is 1.87. The van der Waals surface area contributed by atoms with Gasteiger partial charge in [0.25, 0.3) is 0 Å². The molecule has 0 unspecified atom stereocenters. The van der Waals surface area contributed by atoms with E-state index in [0.717, 1.165) is 22.5 Å². The van der Waals surface area contributed by atoms with Crippen LogP contribution in [0.15, 0.2) is 129 Å². The first-order chi connectivity index (χ1) is 18.8. The number of aliphatic imine (C=N–C) groups is 1. The Bertz CT molecular complexity index is 1790. The van der Waals surface area contributed by atoms with Gasteiger partial charge in [-0.1, -0.05) is 65.4 Å². The molecule has 0 fully saturated rings. The molecule has 0 aliphatic heterocycles. The average Bonchev–Trinajstić information content (AvgIpc) is 3.37. The summed E-state index contributed by atoms with van der Waals surface area (Å²) >= 11 is 6.05. The van der Waals surface area contributed by atoms with Crippen LogP contribution in [0.5, 0.6) is 0 Å². The lowest BCUT2D eigenvalue weighted by atomic mass is 10.1. The zero-order valence-electron chi connectivity index (χ0n) is 21.0. The van der Waals surface area contributed by atoms with Gasteiger partial charge in [0.05, 0.1) is 18.5 Å². The monoisotopic (exact) mass is 555 g/mol. The standard InChI is InChI=1S/C30H22ClN3O4S/c1-21-8-15-26(16-9-21)39(35,36)38-28-17-10-22(18-29(28)37-2)20-32-30-19-27(23-11-13-24(31)14-12-23)33-34(30)25-6-4-3-5-7-25/h3-9,11-16,18-20H,1-2H3. The predicted octanol–water partition coefficient (Wildman–Crippen LogP) is 6.72. The summed E-state index contributed by atoms with van der Waals surface area (Å²) in [6.07, 6.45) is 3.14. The minimum Gasteiger partial charge on any atom is -0.492 e. The first kappa shape index (κ1) is 26.0. The van der Waals surface area contributed by atoms with Crippen molar-refractivity contribution in [3.63, 3.8) is 0 Å². The van der Waals surface area contributed by atoms with Crippen LogP contribution in [0.25, 0.3) is 16.9 Å². The van der Waals surface area contributed by atoms with Crippen molar-refractivity contribution in [1.29, 1.82) is 0 Å². The second-order valence-corrected chi connectivity index (χ2v) is 10.5. The second-order valence-electron chi connectivity index (χ2n) is 8.50. The van der Waals surface area contributed by atoms with Gasteiger partial charge in [-0.2, -0.15) is 13.5 Å². The summed E-state index contributed by atoms with van der Waals surface area (Å²) in [5.74, 6) is 0.639. The largest absolute Gasteiger partial charge is 0.492 e. The summed E-state index contributed by atoms with van der Waals surface area (Å²) in [5.41, 5.74) is 9.50. The maximum Gasteiger partial charge on any atom is 0.339 e. The summed E-state index contributed by atoms with van der Waals surface area (Å²) in [7, 11) is -2.66. The minimum absolute atomic E-state index is 0.0276. The number of halogens is 1. The third kappa shape index (κ3) is 5.96. The highest BCUT2D eigenvalue weighted by Crippen LogP contribution is 2.28. The molecule has 0 atom stereocenters. The fourth-order valence-electron chi connectivity index (χ4n) is 3.70. The Morgan fingerprint density at radius 2 is 1.69 bits per heavy atom. The fourth-order valence-corrected chi connectivity index (χ4v) is 4.73. The molecule has 39 heavy (non-hydrogen) atoms. The van der Waals surface area contributed by atoms with E-state index in [1.165, 1.54) is 19.2 Å². The number of methoxy groups -OCH3 is 1. The van der Waals surface area contributed by atoms with E-state index < -0.39 is 10.1 Å². The normalized spacial score (nSPS) is 13.2. The van der Waals surface area contributed by atoms with Crippen LogP contribution in [-0.2, 0) is 19.0 Å². The van der Waals surface area contributed by atoms with Crippen LogP contribution in [-0.4, -0.2) is 31.5 Å². The number of benzene rings is 3. The Hall–Kier alpha value is -4.58. The summed E-state index contributed by atoms with van der Waals surface area (Å²) in [6, 6.07) is 25.2. The van der Waals surface area contributed by atoms with Crippen LogP contribution in [0.2, 0.25) is 5.02 Å². The van der Waals surface area contributed by atoms with Gasteiger partial charge in [-0.3, -0.25) is 0 Å². The number of nitrogens with zero attached hydrogens (tertiary/aromatic N) is 3. The lowest BCUT2D eigenvalue weighted by Gasteiger charge is -2.12. The number of ether oxygens (including phenoxy) is 1. The fraction of sp³-hybridized carbons (Fsp3) is 0.0667. The molecule has 0 radical (unpaired) electrons. The van der Waals surface area contributed by atoms with Crippen molar-refractivity contribution in [2.75, 3.05) is 7.11 Å². The van der Waals surface area contributed by atoms with Gasteiger partial charge in [-0.15, -0.1) is 0 Å². The molecule has 4 aromatic rings. The molecule has 7 nitrogen and oxygen atoms in total. The molecule has 1 aliphatic carbocycles. The Labute approximate surface area is 231 Å². The number of para-hydroxylation sites is 1. The molecule has 3 aromatic carbocycles. The Morgan fingerprint density at radius 1 is 0.974 bits per heavy atom. The summed E-state index contributed by atoms with van der Waals surface area (Å²) in [5, 5.41) is 5.38. The smallest absolute Gasteiger partial charge is 0.339 e. The topological polar surface area (TPSA) is 82.8 Å². The highest BCUT2D eigenvalue weighted by Gasteiger charge is 2.22. The maximum absolute atomic E-state index is 12.7. The van der Waals surface area contributed by atoms with E-state index in [1.807, 2.05) is 55.5 Å². The van der Waals surface area contributed by atoms with E-state index in [4.69, 9.17) is 25.6 Å². The molecule has 0 amide bonds. The zero-order valence-corrected chi connectivity index (χ0v) is 22.6. The molecule has 1 aromatic heterocycles. The molecule has 0 bridgehead atoms. The van der Waals surface area contributed by atoms with Crippen molar-refractivity contribution in [3.8, 4) is 16.9 Å². The highest BCUT2D eigenvalue weighted by molar-refractivity contribution is 7.86. The third-order valence-electron chi connectivity index (χ3n) is 5.72. The van der Waals surface area contributed by atoms with Gasteiger partial charge in [0.15, 0.2) is 11.6 Å². The van der Waals surface area contributed by atoms with Gasteiger partial charge in [0.2, 0.25) is 5.76 Å². The quantitative estimate of drug-likeness (QED) is 0.137. The number of hydrogen-bond acceptors (Lipinski definition) is 6. The maximum atomic E-state index is 12.7. The molecule has 9 heteroatoms. The van der Waals surface area contributed by atoms with Gasteiger partial charge in [0, 0.05) is 34.5 Å². The van der Waals surface area contributed by atoms with Crippen molar-refractivity contribution < 1.29 is 17.3 Å². The molecular formula is C30H22ClN3O4S. The first-order valence-corrected chi connectivity index (χ1v) is 13.6. The van der Waals surface area contributed by atoms with Crippen molar-refractivity contribution in [2.45, 2.75) is 11.8 Å². The molecular weight excluding hydrogens is 534 g/mol. The van der Waals surface area contributed by atoms with E-state index in [2.05, 4.69) is 16.5 Å². The van der Waals surface area contributed by atoms with Crippen LogP contribution in [0, 0.1) is 6.92 Å². The van der Waals surface area contributed by atoms with Gasteiger partial charge in [-0.25, -0.2) is 9.67 Å². The predicted molar refractivity (Wildman–Crippen MR) is 151 cm³/mol. The van der Waals surface area contributed by atoms with Gasteiger partial charge >= 0.3 is 10.1 Å². The lowest BCUT2D eigenvalue weighted by molar-refractivity contribution is 0.263. The second kappa shape index (κ2) is 11.0. The van der Waals surface area contributed by atoms with E-state index in [1.54, 1.807) is 41.2 Å². The summed E-state index contributed by atoms with van der Waals surface area (Å²) < 4.78 is 37.9. The number of allylic oxidation sites excluding steroid dienone is 2. The molecule has 1 aliphatic rings. The van der Waals surface area contributed by atoms with Crippen LogP contribution in [0.1, 0.15) is 5.56 Å². The SMILES string of the molecule is COC1=CC(C=Nc2cc(-c3ccc(Cl)cc3)nn2-c2ccccc2)=C=C=C1OS(=O)(=O)c1ccc(C)cc1. The molecule has 0 N–H and O–H groups in total. The number of aryl methyl sites for hydroxylation is 1. The van der Waals surface area contributed by atoms with Crippen molar-refractivity contribution in [1.82, 2.24) is 9.78 Å².